The minimum atomic E-state index is -1.01. The van der Waals surface area contributed by atoms with Gasteiger partial charge in [0.25, 0.3) is 11.8 Å². The second-order valence-corrected chi connectivity index (χ2v) is 5.85. The minimum absolute atomic E-state index is 0.0230. The molecule has 7 heteroatoms. The van der Waals surface area contributed by atoms with Gasteiger partial charge in [-0.25, -0.2) is 4.39 Å². The van der Waals surface area contributed by atoms with E-state index >= 15 is 0 Å². The maximum Gasteiger partial charge on any atom is 0.251 e. The van der Waals surface area contributed by atoms with Crippen LogP contribution in [0, 0.1) is 5.82 Å². The van der Waals surface area contributed by atoms with Crippen molar-refractivity contribution in [2.75, 3.05) is 19.7 Å². The van der Waals surface area contributed by atoms with Crippen LogP contribution in [0.3, 0.4) is 0 Å². The highest BCUT2D eigenvalue weighted by atomic mass is 19.1. The monoisotopic (exact) mass is 374 g/mol. The summed E-state index contributed by atoms with van der Waals surface area (Å²) in [7, 11) is 0. The Morgan fingerprint density at radius 3 is 2.11 bits per heavy atom. The molecule has 0 aliphatic carbocycles. The summed E-state index contributed by atoms with van der Waals surface area (Å²) in [5, 5.41) is 15.6. The number of amides is 2. The normalized spacial score (nSPS) is 12.9. The van der Waals surface area contributed by atoms with E-state index in [9.17, 15) is 19.1 Å². The zero-order chi connectivity index (χ0) is 19.6. The molecule has 3 N–H and O–H groups in total. The third kappa shape index (κ3) is 6.47. The van der Waals surface area contributed by atoms with Crippen LogP contribution in [0.4, 0.5) is 4.39 Å². The number of nitrogens with one attached hydrogen (secondary N) is 2. The summed E-state index contributed by atoms with van der Waals surface area (Å²) < 4.78 is 18.4. The van der Waals surface area contributed by atoms with Gasteiger partial charge in [0.2, 0.25) is 0 Å². The molecule has 2 atom stereocenters. The van der Waals surface area contributed by atoms with E-state index in [2.05, 4.69) is 10.6 Å². The van der Waals surface area contributed by atoms with Gasteiger partial charge in [0.15, 0.2) is 0 Å². The average Bonchev–Trinajstić information content (AvgIpc) is 2.70. The van der Waals surface area contributed by atoms with Crippen LogP contribution in [-0.4, -0.2) is 48.8 Å². The Hall–Kier alpha value is -2.77. The van der Waals surface area contributed by atoms with Crippen LogP contribution < -0.4 is 10.6 Å². The zero-order valence-electron chi connectivity index (χ0n) is 15.0. The topological polar surface area (TPSA) is 87.7 Å². The van der Waals surface area contributed by atoms with Gasteiger partial charge in [0, 0.05) is 30.8 Å². The van der Waals surface area contributed by atoms with Crippen LogP contribution in [0.25, 0.3) is 0 Å². The predicted molar refractivity (Wildman–Crippen MR) is 98.9 cm³/mol. The van der Waals surface area contributed by atoms with Crippen LogP contribution in [0.2, 0.25) is 0 Å². The Morgan fingerprint density at radius 2 is 1.52 bits per heavy atom. The number of aliphatic hydroxyl groups excluding tert-OH is 1. The lowest BCUT2D eigenvalue weighted by Gasteiger charge is -2.23. The first-order chi connectivity index (χ1) is 13.0. The fourth-order valence-electron chi connectivity index (χ4n) is 2.44. The van der Waals surface area contributed by atoms with Crippen LogP contribution in [-0.2, 0) is 4.74 Å². The van der Waals surface area contributed by atoms with Gasteiger partial charge in [-0.05, 0) is 43.3 Å². The molecule has 2 aromatic rings. The van der Waals surface area contributed by atoms with Crippen molar-refractivity contribution in [2.45, 2.75) is 19.1 Å². The number of hydrogen-bond acceptors (Lipinski definition) is 4. The highest BCUT2D eigenvalue weighted by Gasteiger charge is 2.21. The third-order valence-electron chi connectivity index (χ3n) is 3.89. The summed E-state index contributed by atoms with van der Waals surface area (Å²) in [5.74, 6) is -1.14. The molecule has 0 bridgehead atoms. The molecule has 0 heterocycles. The van der Waals surface area contributed by atoms with E-state index in [4.69, 9.17) is 4.74 Å². The number of aliphatic hydroxyl groups is 1. The van der Waals surface area contributed by atoms with E-state index in [0.717, 1.165) is 0 Å². The molecule has 0 aliphatic heterocycles. The van der Waals surface area contributed by atoms with Gasteiger partial charge in [-0.1, -0.05) is 18.2 Å². The van der Waals surface area contributed by atoms with Crippen molar-refractivity contribution in [3.63, 3.8) is 0 Å². The molecular weight excluding hydrogens is 351 g/mol. The summed E-state index contributed by atoms with van der Waals surface area (Å²) >= 11 is 0. The standard InChI is InChI=1S/C20H23FN2O4/c1-2-27-18(13-23-20(26)15-8-10-16(21)11-9-15)17(24)12-22-19(25)14-6-4-3-5-7-14/h3-11,17-18,24H,2,12-13H2,1H3,(H,22,25)(H,23,26)/t17-,18+/m0/s1. The predicted octanol–water partition coefficient (Wildman–Crippen LogP) is 1.75. The minimum Gasteiger partial charge on any atom is -0.388 e. The van der Waals surface area contributed by atoms with Crippen LogP contribution in [0.1, 0.15) is 27.6 Å². The molecular formula is C20H23FN2O4. The highest BCUT2D eigenvalue weighted by Crippen LogP contribution is 2.04. The number of carbonyl (C=O) groups excluding carboxylic acids is 2. The summed E-state index contributed by atoms with van der Waals surface area (Å²) in [6.07, 6.45) is -1.71. The summed E-state index contributed by atoms with van der Waals surface area (Å²) in [6.45, 7) is 2.13. The SMILES string of the molecule is CCO[C@H](CNC(=O)c1ccc(F)cc1)[C@@H](O)CNC(=O)c1ccccc1. The van der Waals surface area contributed by atoms with E-state index in [1.54, 1.807) is 37.3 Å². The van der Waals surface area contributed by atoms with E-state index in [1.165, 1.54) is 24.3 Å². The molecule has 2 amide bonds. The number of hydrogen-bond donors (Lipinski definition) is 3. The molecule has 6 nitrogen and oxygen atoms in total. The van der Waals surface area contributed by atoms with Gasteiger partial charge in [0.05, 0.1) is 6.10 Å². The van der Waals surface area contributed by atoms with Crippen molar-refractivity contribution in [2.24, 2.45) is 0 Å². The number of rotatable bonds is 9. The Labute approximate surface area is 157 Å². The van der Waals surface area contributed by atoms with Crippen LogP contribution in [0.15, 0.2) is 54.6 Å². The maximum absolute atomic E-state index is 12.9. The average molecular weight is 374 g/mol. The molecule has 0 aliphatic rings. The summed E-state index contributed by atoms with van der Waals surface area (Å²) in [6, 6.07) is 13.8. The first kappa shape index (κ1) is 20.5. The van der Waals surface area contributed by atoms with Gasteiger partial charge < -0.3 is 20.5 Å². The summed E-state index contributed by atoms with van der Waals surface area (Å²) in [4.78, 5) is 24.1. The quantitative estimate of drug-likeness (QED) is 0.624. The number of ether oxygens (including phenoxy) is 1. The second kappa shape index (κ2) is 10.4. The van der Waals surface area contributed by atoms with Crippen molar-refractivity contribution in [1.29, 1.82) is 0 Å². The van der Waals surface area contributed by atoms with Gasteiger partial charge in [-0.2, -0.15) is 0 Å². The fraction of sp³-hybridized carbons (Fsp3) is 0.300. The second-order valence-electron chi connectivity index (χ2n) is 5.85. The highest BCUT2D eigenvalue weighted by molar-refractivity contribution is 5.94. The molecule has 0 unspecified atom stereocenters. The van der Waals surface area contributed by atoms with Crippen molar-refractivity contribution in [3.8, 4) is 0 Å². The lowest BCUT2D eigenvalue weighted by molar-refractivity contribution is -0.0287. The van der Waals surface area contributed by atoms with Crippen LogP contribution >= 0.6 is 0 Å². The van der Waals surface area contributed by atoms with Gasteiger partial charge in [0.1, 0.15) is 11.9 Å². The van der Waals surface area contributed by atoms with Crippen molar-refractivity contribution in [1.82, 2.24) is 10.6 Å². The Morgan fingerprint density at radius 1 is 0.963 bits per heavy atom. The Kier molecular flexibility index (Phi) is 7.91. The molecule has 0 aromatic heterocycles. The number of carbonyl (C=O) groups is 2. The van der Waals surface area contributed by atoms with E-state index in [1.807, 2.05) is 0 Å². The molecule has 2 aromatic carbocycles. The smallest absolute Gasteiger partial charge is 0.251 e. The molecule has 0 radical (unpaired) electrons. The molecule has 2 rings (SSSR count). The number of halogens is 1. The van der Waals surface area contributed by atoms with Crippen molar-refractivity contribution < 1.29 is 23.8 Å². The first-order valence-electron chi connectivity index (χ1n) is 8.68. The molecule has 0 spiro atoms. The molecule has 0 saturated carbocycles. The number of benzene rings is 2. The molecule has 27 heavy (non-hydrogen) atoms. The summed E-state index contributed by atoms with van der Waals surface area (Å²) in [5.41, 5.74) is 0.792. The van der Waals surface area contributed by atoms with Crippen molar-refractivity contribution in [3.05, 3.63) is 71.5 Å². The van der Waals surface area contributed by atoms with E-state index in [-0.39, 0.29) is 19.0 Å². The fourth-order valence-corrected chi connectivity index (χ4v) is 2.44. The van der Waals surface area contributed by atoms with Gasteiger partial charge in [-0.3, -0.25) is 9.59 Å². The van der Waals surface area contributed by atoms with Crippen molar-refractivity contribution >= 4 is 11.8 Å². The lowest BCUT2D eigenvalue weighted by Crippen LogP contribution is -2.46. The van der Waals surface area contributed by atoms with Gasteiger partial charge >= 0.3 is 0 Å². The Balaban J connectivity index is 1.86. The van der Waals surface area contributed by atoms with Crippen LogP contribution in [0.5, 0.6) is 0 Å². The third-order valence-corrected chi connectivity index (χ3v) is 3.89. The maximum atomic E-state index is 12.9. The molecule has 0 saturated heterocycles. The molecule has 0 fully saturated rings. The zero-order valence-corrected chi connectivity index (χ0v) is 15.0. The van der Waals surface area contributed by atoms with E-state index in [0.29, 0.717) is 17.7 Å². The first-order valence-corrected chi connectivity index (χ1v) is 8.68. The van der Waals surface area contributed by atoms with E-state index < -0.39 is 23.9 Å². The van der Waals surface area contributed by atoms with Gasteiger partial charge in [-0.15, -0.1) is 0 Å². The largest absolute Gasteiger partial charge is 0.388 e. The molecule has 144 valence electrons. The lowest BCUT2D eigenvalue weighted by atomic mass is 10.1. The Bertz CT molecular complexity index is 737.